The molecule has 0 aliphatic heterocycles. The standard InChI is InChI=1S/C20H29NO4/c1-14(2)12-24-19(22)18(20(23)25-13-15(3)4)11-16-7-9-17(10-8-16)21(5)6/h7-11,14-15H,12-13H2,1-6H3. The van der Waals surface area contributed by atoms with Crippen LogP contribution in [0.3, 0.4) is 0 Å². The van der Waals surface area contributed by atoms with E-state index in [1.54, 1.807) is 0 Å². The van der Waals surface area contributed by atoms with Crippen LogP contribution in [0.1, 0.15) is 33.3 Å². The van der Waals surface area contributed by atoms with Crippen molar-refractivity contribution in [2.45, 2.75) is 27.7 Å². The molecule has 5 nitrogen and oxygen atoms in total. The van der Waals surface area contributed by atoms with Gasteiger partial charge in [-0.1, -0.05) is 39.8 Å². The molecule has 0 aliphatic rings. The average Bonchev–Trinajstić information content (AvgIpc) is 2.55. The maximum Gasteiger partial charge on any atom is 0.345 e. The molecule has 1 aromatic carbocycles. The summed E-state index contributed by atoms with van der Waals surface area (Å²) in [7, 11) is 3.89. The maximum atomic E-state index is 12.3. The fourth-order valence-corrected chi connectivity index (χ4v) is 1.88. The molecule has 0 amide bonds. The molecule has 0 heterocycles. The lowest BCUT2D eigenvalue weighted by molar-refractivity contribution is -0.148. The number of esters is 2. The maximum absolute atomic E-state index is 12.3. The molecule has 0 unspecified atom stereocenters. The zero-order valence-electron chi connectivity index (χ0n) is 16.0. The second-order valence-electron chi connectivity index (χ2n) is 7.03. The SMILES string of the molecule is CC(C)COC(=O)C(=Cc1ccc(N(C)C)cc1)C(=O)OCC(C)C. The summed E-state index contributed by atoms with van der Waals surface area (Å²) in [5.74, 6) is -0.925. The van der Waals surface area contributed by atoms with E-state index in [-0.39, 0.29) is 30.6 Å². The number of hydrogen-bond acceptors (Lipinski definition) is 5. The van der Waals surface area contributed by atoms with Gasteiger partial charge < -0.3 is 14.4 Å². The molecule has 0 fully saturated rings. The number of hydrogen-bond donors (Lipinski definition) is 0. The summed E-state index contributed by atoms with van der Waals surface area (Å²) < 4.78 is 10.4. The van der Waals surface area contributed by atoms with Crippen LogP contribution < -0.4 is 4.90 Å². The number of benzene rings is 1. The molecular formula is C20H29NO4. The first-order valence-corrected chi connectivity index (χ1v) is 8.54. The highest BCUT2D eigenvalue weighted by atomic mass is 16.6. The quantitative estimate of drug-likeness (QED) is 0.312. The molecule has 0 saturated heterocycles. The first-order chi connectivity index (χ1) is 11.7. The molecule has 1 rings (SSSR count). The monoisotopic (exact) mass is 347 g/mol. The van der Waals surface area contributed by atoms with Crippen LogP contribution in [0.15, 0.2) is 29.8 Å². The number of carbonyl (C=O) groups excluding carboxylic acids is 2. The van der Waals surface area contributed by atoms with Crippen LogP contribution in [0.25, 0.3) is 6.08 Å². The van der Waals surface area contributed by atoms with E-state index >= 15 is 0 Å². The highest BCUT2D eigenvalue weighted by Gasteiger charge is 2.22. The molecular weight excluding hydrogens is 318 g/mol. The van der Waals surface area contributed by atoms with Gasteiger partial charge in [0.1, 0.15) is 5.57 Å². The van der Waals surface area contributed by atoms with E-state index in [2.05, 4.69) is 0 Å². The number of carbonyl (C=O) groups is 2. The molecule has 1 aromatic rings. The van der Waals surface area contributed by atoms with E-state index in [0.717, 1.165) is 11.3 Å². The van der Waals surface area contributed by atoms with Crippen molar-refractivity contribution in [2.75, 3.05) is 32.2 Å². The largest absolute Gasteiger partial charge is 0.462 e. The van der Waals surface area contributed by atoms with Crippen LogP contribution in [0.2, 0.25) is 0 Å². The topological polar surface area (TPSA) is 55.8 Å². The van der Waals surface area contributed by atoms with Crippen molar-refractivity contribution in [2.24, 2.45) is 11.8 Å². The van der Waals surface area contributed by atoms with Gasteiger partial charge in [0.25, 0.3) is 0 Å². The van der Waals surface area contributed by atoms with Gasteiger partial charge >= 0.3 is 11.9 Å². The normalized spacial score (nSPS) is 10.6. The van der Waals surface area contributed by atoms with Crippen molar-refractivity contribution in [1.82, 2.24) is 0 Å². The minimum Gasteiger partial charge on any atom is -0.462 e. The van der Waals surface area contributed by atoms with Gasteiger partial charge in [-0.3, -0.25) is 0 Å². The lowest BCUT2D eigenvalue weighted by Gasteiger charge is -2.13. The van der Waals surface area contributed by atoms with Crippen molar-refractivity contribution < 1.29 is 19.1 Å². The number of anilines is 1. The van der Waals surface area contributed by atoms with Gasteiger partial charge in [0, 0.05) is 19.8 Å². The highest BCUT2D eigenvalue weighted by molar-refractivity contribution is 6.17. The fraction of sp³-hybridized carbons (Fsp3) is 0.500. The molecule has 0 aliphatic carbocycles. The van der Waals surface area contributed by atoms with Crippen LogP contribution in [-0.4, -0.2) is 39.2 Å². The summed E-state index contributed by atoms with van der Waals surface area (Å²) >= 11 is 0. The zero-order valence-corrected chi connectivity index (χ0v) is 16.0. The summed E-state index contributed by atoms with van der Waals surface area (Å²) in [6.45, 7) is 8.27. The zero-order chi connectivity index (χ0) is 19.0. The second-order valence-corrected chi connectivity index (χ2v) is 7.03. The van der Waals surface area contributed by atoms with E-state index in [9.17, 15) is 9.59 Å². The van der Waals surface area contributed by atoms with Crippen molar-refractivity contribution in [3.63, 3.8) is 0 Å². The molecule has 0 aromatic heterocycles. The van der Waals surface area contributed by atoms with Crippen LogP contribution in [-0.2, 0) is 19.1 Å². The van der Waals surface area contributed by atoms with E-state index in [0.29, 0.717) is 0 Å². The minimum atomic E-state index is -0.654. The van der Waals surface area contributed by atoms with Gasteiger partial charge in [0.05, 0.1) is 13.2 Å². The molecule has 0 spiro atoms. The molecule has 0 atom stereocenters. The summed E-state index contributed by atoms with van der Waals surface area (Å²) in [4.78, 5) is 26.6. The third-order valence-electron chi connectivity index (χ3n) is 3.26. The van der Waals surface area contributed by atoms with Gasteiger partial charge in [0.15, 0.2) is 0 Å². The fourth-order valence-electron chi connectivity index (χ4n) is 1.88. The third kappa shape index (κ3) is 7.42. The van der Waals surface area contributed by atoms with Crippen molar-refractivity contribution in [3.05, 3.63) is 35.4 Å². The van der Waals surface area contributed by atoms with Gasteiger partial charge in [-0.05, 0) is 35.6 Å². The van der Waals surface area contributed by atoms with E-state index in [4.69, 9.17) is 9.47 Å². The van der Waals surface area contributed by atoms with E-state index in [1.807, 2.05) is 71.0 Å². The van der Waals surface area contributed by atoms with Gasteiger partial charge in [-0.2, -0.15) is 0 Å². The summed E-state index contributed by atoms with van der Waals surface area (Å²) in [5, 5.41) is 0. The van der Waals surface area contributed by atoms with Crippen molar-refractivity contribution in [3.8, 4) is 0 Å². The summed E-state index contributed by atoms with van der Waals surface area (Å²) in [6.07, 6.45) is 1.52. The second kappa shape index (κ2) is 9.87. The Hall–Kier alpha value is -2.30. The van der Waals surface area contributed by atoms with Crippen LogP contribution in [0.4, 0.5) is 5.69 Å². The predicted molar refractivity (Wildman–Crippen MR) is 100 cm³/mol. The van der Waals surface area contributed by atoms with Gasteiger partial charge in [-0.15, -0.1) is 0 Å². The minimum absolute atomic E-state index is 0.0843. The number of ether oxygens (including phenoxy) is 2. The first kappa shape index (κ1) is 20.7. The third-order valence-corrected chi connectivity index (χ3v) is 3.26. The Labute approximate surface area is 150 Å². The number of nitrogens with zero attached hydrogens (tertiary/aromatic N) is 1. The van der Waals surface area contributed by atoms with Gasteiger partial charge in [0.2, 0.25) is 0 Å². The summed E-state index contributed by atoms with van der Waals surface area (Å²) in [6, 6.07) is 7.53. The highest BCUT2D eigenvalue weighted by Crippen LogP contribution is 2.16. The molecule has 0 saturated carbocycles. The molecule has 0 bridgehead atoms. The molecule has 0 N–H and O–H groups in total. The van der Waals surface area contributed by atoms with Crippen LogP contribution >= 0.6 is 0 Å². The predicted octanol–water partition coefficient (Wildman–Crippen LogP) is 3.53. The van der Waals surface area contributed by atoms with Gasteiger partial charge in [-0.25, -0.2) is 9.59 Å². The smallest absolute Gasteiger partial charge is 0.345 e. The van der Waals surface area contributed by atoms with E-state index < -0.39 is 11.9 Å². The van der Waals surface area contributed by atoms with Crippen LogP contribution in [0, 0.1) is 11.8 Å². The molecule has 138 valence electrons. The Morgan fingerprint density at radius 3 is 1.72 bits per heavy atom. The Kier molecular flexibility index (Phi) is 8.19. The molecule has 5 heteroatoms. The van der Waals surface area contributed by atoms with E-state index in [1.165, 1.54) is 6.08 Å². The number of rotatable bonds is 8. The van der Waals surface area contributed by atoms with Crippen molar-refractivity contribution in [1.29, 1.82) is 0 Å². The molecule has 0 radical (unpaired) electrons. The summed E-state index contributed by atoms with van der Waals surface area (Å²) in [5.41, 5.74) is 1.69. The Bertz CT molecular complexity index is 575. The Morgan fingerprint density at radius 1 is 0.920 bits per heavy atom. The first-order valence-electron chi connectivity index (χ1n) is 8.54. The lowest BCUT2D eigenvalue weighted by atomic mass is 10.1. The Balaban J connectivity index is 3.02. The van der Waals surface area contributed by atoms with Crippen LogP contribution in [0.5, 0.6) is 0 Å². The lowest BCUT2D eigenvalue weighted by Crippen LogP contribution is -2.21. The Morgan fingerprint density at radius 2 is 1.36 bits per heavy atom. The average molecular weight is 347 g/mol. The molecule has 25 heavy (non-hydrogen) atoms. The van der Waals surface area contributed by atoms with Crippen molar-refractivity contribution >= 4 is 23.7 Å².